The molecule has 0 fully saturated rings. The molecule has 0 aromatic heterocycles. The van der Waals surface area contributed by atoms with Crippen molar-refractivity contribution >= 4 is 0 Å². The zero-order chi connectivity index (χ0) is 22.3. The predicted octanol–water partition coefficient (Wildman–Crippen LogP) is 11.1. The summed E-state index contributed by atoms with van der Waals surface area (Å²) in [7, 11) is 0. The minimum Gasteiger partial charge on any atom is -0.103 e. The second-order valence-corrected chi connectivity index (χ2v) is 10.00. The van der Waals surface area contributed by atoms with Crippen LogP contribution in [-0.2, 0) is 0 Å². The van der Waals surface area contributed by atoms with Crippen molar-refractivity contribution < 1.29 is 0 Å². The van der Waals surface area contributed by atoms with Gasteiger partial charge in [-0.1, -0.05) is 136 Å². The second kappa shape index (κ2) is 23.1. The molecule has 0 heterocycles. The molecule has 0 spiro atoms. The Morgan fingerprint density at radius 1 is 0.633 bits per heavy atom. The fourth-order valence-corrected chi connectivity index (χ4v) is 4.70. The molecule has 0 aromatic carbocycles. The Morgan fingerprint density at radius 2 is 1.23 bits per heavy atom. The van der Waals surface area contributed by atoms with Crippen molar-refractivity contribution in [2.24, 2.45) is 17.8 Å². The third-order valence-electron chi connectivity index (χ3n) is 7.00. The maximum Gasteiger partial charge on any atom is -0.0236 e. The summed E-state index contributed by atoms with van der Waals surface area (Å²) in [6.45, 7) is 13.4. The molecule has 0 saturated heterocycles. The number of hydrogen-bond donors (Lipinski definition) is 0. The van der Waals surface area contributed by atoms with Crippen molar-refractivity contribution in [3.05, 3.63) is 24.8 Å². The molecule has 0 saturated carbocycles. The Labute approximate surface area is 192 Å². The molecule has 0 radical (unpaired) electrons. The molecular formula is C30H58. The zero-order valence-corrected chi connectivity index (χ0v) is 21.6. The van der Waals surface area contributed by atoms with E-state index in [-0.39, 0.29) is 0 Å². The predicted molar refractivity (Wildman–Crippen MR) is 140 cm³/mol. The Hall–Kier alpha value is -0.520. The first kappa shape index (κ1) is 29.5. The van der Waals surface area contributed by atoms with Crippen LogP contribution in [0.3, 0.4) is 0 Å². The molecule has 0 N–H and O–H groups in total. The van der Waals surface area contributed by atoms with Crippen LogP contribution in [-0.4, -0.2) is 0 Å². The average Bonchev–Trinajstić information content (AvgIpc) is 2.75. The molecule has 30 heavy (non-hydrogen) atoms. The van der Waals surface area contributed by atoms with Gasteiger partial charge < -0.3 is 0 Å². The summed E-state index contributed by atoms with van der Waals surface area (Å²) < 4.78 is 0. The molecule has 0 amide bonds. The van der Waals surface area contributed by atoms with E-state index >= 15 is 0 Å². The highest BCUT2D eigenvalue weighted by molar-refractivity contribution is 4.84. The Balaban J connectivity index is 3.63. The van der Waals surface area contributed by atoms with Crippen LogP contribution in [0.15, 0.2) is 24.8 Å². The van der Waals surface area contributed by atoms with Crippen molar-refractivity contribution in [1.82, 2.24) is 0 Å². The second-order valence-electron chi connectivity index (χ2n) is 10.00. The van der Waals surface area contributed by atoms with Gasteiger partial charge in [-0.3, -0.25) is 0 Å². The van der Waals surface area contributed by atoms with Crippen molar-refractivity contribution in [3.8, 4) is 0 Å². The van der Waals surface area contributed by atoms with E-state index in [9.17, 15) is 0 Å². The summed E-state index contributed by atoms with van der Waals surface area (Å²) in [6.07, 6.45) is 33.5. The molecule has 0 bridgehead atoms. The lowest BCUT2D eigenvalue weighted by Gasteiger charge is -2.14. The number of rotatable bonds is 23. The molecule has 3 atom stereocenters. The van der Waals surface area contributed by atoms with Crippen molar-refractivity contribution in [2.75, 3.05) is 0 Å². The van der Waals surface area contributed by atoms with Gasteiger partial charge in [-0.25, -0.2) is 0 Å². The first-order valence-corrected chi connectivity index (χ1v) is 13.9. The van der Waals surface area contributed by atoms with Crippen LogP contribution in [0.4, 0.5) is 0 Å². The fraction of sp³-hybridized carbons (Fsp3) is 0.867. The first-order valence-electron chi connectivity index (χ1n) is 13.9. The fourth-order valence-electron chi connectivity index (χ4n) is 4.70. The minimum atomic E-state index is 0.772. The maximum absolute atomic E-state index is 4.08. The highest BCUT2D eigenvalue weighted by Crippen LogP contribution is 2.22. The van der Waals surface area contributed by atoms with E-state index in [0.717, 1.165) is 17.8 Å². The topological polar surface area (TPSA) is 0 Å². The largest absolute Gasteiger partial charge is 0.103 e. The van der Waals surface area contributed by atoms with Crippen LogP contribution in [0.5, 0.6) is 0 Å². The van der Waals surface area contributed by atoms with Crippen molar-refractivity contribution in [1.29, 1.82) is 0 Å². The molecule has 0 rings (SSSR count). The summed E-state index contributed by atoms with van der Waals surface area (Å²) in [5, 5.41) is 0. The zero-order valence-electron chi connectivity index (χ0n) is 21.6. The summed E-state index contributed by atoms with van der Waals surface area (Å²) in [5.41, 5.74) is 0. The van der Waals surface area contributed by atoms with Gasteiger partial charge in [0.15, 0.2) is 0 Å². The quantitative estimate of drug-likeness (QED) is 0.114. The Kier molecular flexibility index (Phi) is 22.7. The number of hydrogen-bond acceptors (Lipinski definition) is 0. The van der Waals surface area contributed by atoms with E-state index in [2.05, 4.69) is 52.5 Å². The highest BCUT2D eigenvalue weighted by atomic mass is 14.1. The van der Waals surface area contributed by atoms with Crippen LogP contribution in [0.1, 0.15) is 150 Å². The van der Waals surface area contributed by atoms with Gasteiger partial charge in [-0.2, -0.15) is 0 Å². The standard InChI is InChI=1S/C30H58/c1-6-10-11-13-18-24-29(8-3)25-19-14-12-15-20-26-30(9-4)27-21-16-17-23-28(5)22-7-2/h8,16-17,28-30H,3,6-7,9-15,18-27H2,1-2,4-5H3. The van der Waals surface area contributed by atoms with E-state index in [0.29, 0.717) is 0 Å². The van der Waals surface area contributed by atoms with Crippen LogP contribution < -0.4 is 0 Å². The van der Waals surface area contributed by atoms with Crippen LogP contribution >= 0.6 is 0 Å². The number of unbranched alkanes of at least 4 members (excludes halogenated alkanes) is 8. The minimum absolute atomic E-state index is 0.772. The molecule has 0 aliphatic carbocycles. The molecular weight excluding hydrogens is 360 g/mol. The lowest BCUT2D eigenvalue weighted by atomic mass is 9.92. The van der Waals surface area contributed by atoms with Gasteiger partial charge in [0.05, 0.1) is 0 Å². The van der Waals surface area contributed by atoms with Gasteiger partial charge in [0.2, 0.25) is 0 Å². The van der Waals surface area contributed by atoms with Crippen LogP contribution in [0, 0.1) is 17.8 Å². The van der Waals surface area contributed by atoms with Gasteiger partial charge in [0, 0.05) is 0 Å². The normalized spacial score (nSPS) is 14.8. The van der Waals surface area contributed by atoms with E-state index < -0.39 is 0 Å². The van der Waals surface area contributed by atoms with E-state index in [1.165, 1.54) is 122 Å². The summed E-state index contributed by atoms with van der Waals surface area (Å²) in [6, 6.07) is 0. The molecule has 3 unspecified atom stereocenters. The van der Waals surface area contributed by atoms with Crippen molar-refractivity contribution in [3.63, 3.8) is 0 Å². The first-order chi connectivity index (χ1) is 14.7. The molecule has 0 heteroatoms. The lowest BCUT2D eigenvalue weighted by Crippen LogP contribution is -1.99. The van der Waals surface area contributed by atoms with Gasteiger partial charge in [0.25, 0.3) is 0 Å². The van der Waals surface area contributed by atoms with Crippen LogP contribution in [0.25, 0.3) is 0 Å². The SMILES string of the molecule is C=CC(CCCCCCC)CCCCCCCC(CC)CCC=CCC(C)CCC. The van der Waals surface area contributed by atoms with E-state index in [1.807, 2.05) is 0 Å². The molecule has 0 nitrogen and oxygen atoms in total. The molecule has 178 valence electrons. The summed E-state index contributed by atoms with van der Waals surface area (Å²) >= 11 is 0. The lowest BCUT2D eigenvalue weighted by molar-refractivity contribution is 0.411. The summed E-state index contributed by atoms with van der Waals surface area (Å²) in [5.74, 6) is 2.58. The maximum atomic E-state index is 4.08. The van der Waals surface area contributed by atoms with Gasteiger partial charge in [-0.15, -0.1) is 6.58 Å². The Morgan fingerprint density at radius 3 is 1.80 bits per heavy atom. The number of allylic oxidation sites excluding steroid dienone is 3. The Bertz CT molecular complexity index is 366. The average molecular weight is 419 g/mol. The molecule has 0 aliphatic heterocycles. The van der Waals surface area contributed by atoms with E-state index in [4.69, 9.17) is 0 Å². The van der Waals surface area contributed by atoms with Gasteiger partial charge >= 0.3 is 0 Å². The third kappa shape index (κ3) is 19.4. The van der Waals surface area contributed by atoms with Gasteiger partial charge in [0.1, 0.15) is 0 Å². The van der Waals surface area contributed by atoms with Crippen molar-refractivity contribution in [2.45, 2.75) is 150 Å². The van der Waals surface area contributed by atoms with E-state index in [1.54, 1.807) is 0 Å². The van der Waals surface area contributed by atoms with Gasteiger partial charge in [-0.05, 0) is 49.9 Å². The molecule has 0 aromatic rings. The van der Waals surface area contributed by atoms with Crippen LogP contribution in [0.2, 0.25) is 0 Å². The third-order valence-corrected chi connectivity index (χ3v) is 7.00. The monoisotopic (exact) mass is 418 g/mol. The molecule has 0 aliphatic rings. The smallest absolute Gasteiger partial charge is 0.0236 e. The summed E-state index contributed by atoms with van der Waals surface area (Å²) in [4.78, 5) is 0. The highest BCUT2D eigenvalue weighted by Gasteiger charge is 2.06.